The molecule has 1 atom stereocenters. The van der Waals surface area contributed by atoms with E-state index in [0.29, 0.717) is 5.88 Å². The SMILES string of the molecule is CC(=O)NC(C)c1cc2ccc(CCc3ccc(Oc4ccccn4)cc3)cc2o1. The van der Waals surface area contributed by atoms with Gasteiger partial charge in [-0.05, 0) is 61.2 Å². The highest BCUT2D eigenvalue weighted by Crippen LogP contribution is 2.26. The second-order valence-electron chi connectivity index (χ2n) is 7.36. The van der Waals surface area contributed by atoms with Crippen LogP contribution in [0.15, 0.2) is 77.3 Å². The third-order valence-corrected chi connectivity index (χ3v) is 4.94. The van der Waals surface area contributed by atoms with Gasteiger partial charge in [-0.1, -0.05) is 30.3 Å². The summed E-state index contributed by atoms with van der Waals surface area (Å²) in [6.07, 6.45) is 3.54. The number of furan rings is 1. The zero-order valence-corrected chi connectivity index (χ0v) is 17.1. The first-order valence-electron chi connectivity index (χ1n) is 10.0. The fraction of sp³-hybridized carbons (Fsp3) is 0.200. The number of pyridine rings is 1. The summed E-state index contributed by atoms with van der Waals surface area (Å²) in [5.41, 5.74) is 3.30. The van der Waals surface area contributed by atoms with Gasteiger partial charge in [-0.2, -0.15) is 0 Å². The number of aromatic nitrogens is 1. The molecular weight excluding hydrogens is 376 g/mol. The van der Waals surface area contributed by atoms with Crippen LogP contribution in [-0.2, 0) is 17.6 Å². The van der Waals surface area contributed by atoms with Gasteiger partial charge in [0.25, 0.3) is 0 Å². The van der Waals surface area contributed by atoms with Gasteiger partial charge in [-0.25, -0.2) is 4.98 Å². The van der Waals surface area contributed by atoms with Crippen molar-refractivity contribution < 1.29 is 13.9 Å². The number of benzene rings is 2. The Morgan fingerprint density at radius 3 is 2.53 bits per heavy atom. The molecule has 2 aromatic carbocycles. The normalized spacial score (nSPS) is 11.9. The summed E-state index contributed by atoms with van der Waals surface area (Å²) in [6.45, 7) is 3.43. The maximum atomic E-state index is 11.3. The lowest BCUT2D eigenvalue weighted by molar-refractivity contribution is -0.119. The molecule has 4 rings (SSSR count). The van der Waals surface area contributed by atoms with Crippen molar-refractivity contribution >= 4 is 16.9 Å². The zero-order chi connectivity index (χ0) is 20.9. The van der Waals surface area contributed by atoms with Crippen LogP contribution in [0.3, 0.4) is 0 Å². The summed E-state index contributed by atoms with van der Waals surface area (Å²) in [5, 5.41) is 3.90. The Balaban J connectivity index is 1.39. The summed E-state index contributed by atoms with van der Waals surface area (Å²) in [7, 11) is 0. The van der Waals surface area contributed by atoms with Crippen molar-refractivity contribution in [2.24, 2.45) is 0 Å². The highest BCUT2D eigenvalue weighted by Gasteiger charge is 2.12. The first kappa shape index (κ1) is 19.7. The Hall–Kier alpha value is -3.60. The lowest BCUT2D eigenvalue weighted by Crippen LogP contribution is -2.23. The van der Waals surface area contributed by atoms with Crippen LogP contribution >= 0.6 is 0 Å². The van der Waals surface area contributed by atoms with Crippen molar-refractivity contribution in [2.75, 3.05) is 0 Å². The highest BCUT2D eigenvalue weighted by atomic mass is 16.5. The number of ether oxygens (including phenoxy) is 1. The minimum atomic E-state index is -0.148. The maximum absolute atomic E-state index is 11.3. The summed E-state index contributed by atoms with van der Waals surface area (Å²) in [5.74, 6) is 2.06. The van der Waals surface area contributed by atoms with Crippen LogP contribution in [0.1, 0.15) is 36.8 Å². The molecule has 1 unspecified atom stereocenters. The second kappa shape index (κ2) is 8.82. The number of rotatable bonds is 7. The Kier molecular flexibility index (Phi) is 5.80. The number of aryl methyl sites for hydroxylation is 2. The molecule has 2 aromatic heterocycles. The lowest BCUT2D eigenvalue weighted by atomic mass is 10.0. The van der Waals surface area contributed by atoms with E-state index in [4.69, 9.17) is 9.15 Å². The summed E-state index contributed by atoms with van der Waals surface area (Å²) >= 11 is 0. The molecule has 0 spiro atoms. The van der Waals surface area contributed by atoms with Gasteiger partial charge >= 0.3 is 0 Å². The molecule has 1 amide bonds. The van der Waals surface area contributed by atoms with Crippen molar-refractivity contribution in [1.29, 1.82) is 0 Å². The molecule has 2 heterocycles. The molecule has 0 aliphatic rings. The molecule has 0 saturated carbocycles. The minimum absolute atomic E-state index is 0.0694. The number of nitrogens with one attached hydrogen (secondary N) is 1. The van der Waals surface area contributed by atoms with E-state index in [1.165, 1.54) is 18.1 Å². The standard InChI is InChI=1S/C25H24N2O3/c1-17(27-18(2)28)23-16-21-11-8-20(15-24(21)30-23)7-6-19-9-12-22(13-10-19)29-25-5-3-4-14-26-25/h3-5,8-17H,6-7H2,1-2H3,(H,27,28). The van der Waals surface area contributed by atoms with Crippen LogP contribution in [0.25, 0.3) is 11.0 Å². The molecule has 0 aliphatic carbocycles. The van der Waals surface area contributed by atoms with Gasteiger partial charge in [0.1, 0.15) is 17.1 Å². The summed E-state index contributed by atoms with van der Waals surface area (Å²) in [6, 6.07) is 21.8. The molecular formula is C25H24N2O3. The smallest absolute Gasteiger partial charge is 0.219 e. The van der Waals surface area contributed by atoms with Gasteiger partial charge < -0.3 is 14.5 Å². The van der Waals surface area contributed by atoms with Crippen LogP contribution in [0.2, 0.25) is 0 Å². The predicted molar refractivity (Wildman–Crippen MR) is 117 cm³/mol. The van der Waals surface area contributed by atoms with Crippen LogP contribution in [0.4, 0.5) is 0 Å². The third kappa shape index (κ3) is 4.87. The molecule has 0 fully saturated rings. The highest BCUT2D eigenvalue weighted by molar-refractivity contribution is 5.79. The monoisotopic (exact) mass is 400 g/mol. The van der Waals surface area contributed by atoms with E-state index < -0.39 is 0 Å². The van der Waals surface area contributed by atoms with Crippen LogP contribution in [0.5, 0.6) is 11.6 Å². The average Bonchev–Trinajstić information content (AvgIpc) is 3.17. The maximum Gasteiger partial charge on any atom is 0.219 e. The Labute approximate surface area is 175 Å². The lowest BCUT2D eigenvalue weighted by Gasteiger charge is -2.08. The van der Waals surface area contributed by atoms with E-state index in [-0.39, 0.29) is 11.9 Å². The van der Waals surface area contributed by atoms with Gasteiger partial charge in [0.2, 0.25) is 11.8 Å². The van der Waals surface area contributed by atoms with Crippen LogP contribution in [0, 0.1) is 0 Å². The first-order chi connectivity index (χ1) is 14.6. The molecule has 5 heteroatoms. The number of carbonyl (C=O) groups excluding carboxylic acids is 1. The largest absolute Gasteiger partial charge is 0.459 e. The zero-order valence-electron chi connectivity index (χ0n) is 17.1. The molecule has 0 aliphatic heterocycles. The van der Waals surface area contributed by atoms with Crippen molar-refractivity contribution in [1.82, 2.24) is 10.3 Å². The van der Waals surface area contributed by atoms with Crippen LogP contribution in [-0.4, -0.2) is 10.9 Å². The fourth-order valence-electron chi connectivity index (χ4n) is 3.38. The van der Waals surface area contributed by atoms with E-state index in [0.717, 1.165) is 35.3 Å². The Morgan fingerprint density at radius 1 is 1.03 bits per heavy atom. The van der Waals surface area contributed by atoms with Crippen molar-refractivity contribution in [3.63, 3.8) is 0 Å². The first-order valence-corrected chi connectivity index (χ1v) is 10.0. The molecule has 1 N–H and O–H groups in total. The van der Waals surface area contributed by atoms with Gasteiger partial charge in [0.15, 0.2) is 0 Å². The van der Waals surface area contributed by atoms with Crippen molar-refractivity contribution in [3.05, 3.63) is 89.8 Å². The number of fused-ring (bicyclic) bond motifs is 1. The number of carbonyl (C=O) groups is 1. The fourth-order valence-corrected chi connectivity index (χ4v) is 3.38. The molecule has 30 heavy (non-hydrogen) atoms. The average molecular weight is 400 g/mol. The topological polar surface area (TPSA) is 64.4 Å². The van der Waals surface area contributed by atoms with Crippen LogP contribution < -0.4 is 10.1 Å². The molecule has 0 bridgehead atoms. The van der Waals surface area contributed by atoms with E-state index >= 15 is 0 Å². The van der Waals surface area contributed by atoms with E-state index in [9.17, 15) is 4.79 Å². The number of amides is 1. The van der Waals surface area contributed by atoms with Crippen molar-refractivity contribution in [2.45, 2.75) is 32.7 Å². The Morgan fingerprint density at radius 2 is 1.80 bits per heavy atom. The summed E-state index contributed by atoms with van der Waals surface area (Å²) < 4.78 is 11.7. The van der Waals surface area contributed by atoms with Gasteiger partial charge in [0.05, 0.1) is 6.04 Å². The molecule has 0 radical (unpaired) electrons. The third-order valence-electron chi connectivity index (χ3n) is 4.94. The van der Waals surface area contributed by atoms with E-state index in [1.807, 2.05) is 43.3 Å². The number of nitrogens with zero attached hydrogens (tertiary/aromatic N) is 1. The van der Waals surface area contributed by atoms with Gasteiger partial charge in [-0.15, -0.1) is 0 Å². The van der Waals surface area contributed by atoms with Gasteiger partial charge in [0, 0.05) is 24.6 Å². The number of hydrogen-bond donors (Lipinski definition) is 1. The molecule has 152 valence electrons. The van der Waals surface area contributed by atoms with Crippen molar-refractivity contribution in [3.8, 4) is 11.6 Å². The second-order valence-corrected chi connectivity index (χ2v) is 7.36. The molecule has 0 saturated heterocycles. The Bertz CT molecular complexity index is 1130. The summed E-state index contributed by atoms with van der Waals surface area (Å²) in [4.78, 5) is 15.4. The van der Waals surface area contributed by atoms with Gasteiger partial charge in [-0.3, -0.25) is 4.79 Å². The molecule has 5 nitrogen and oxygen atoms in total. The number of hydrogen-bond acceptors (Lipinski definition) is 4. The predicted octanol–water partition coefficient (Wildman–Crippen LogP) is 5.60. The van der Waals surface area contributed by atoms with E-state index in [2.05, 4.69) is 40.6 Å². The quantitative estimate of drug-likeness (QED) is 0.438. The minimum Gasteiger partial charge on any atom is -0.459 e. The van der Waals surface area contributed by atoms with E-state index in [1.54, 1.807) is 6.20 Å². The molecule has 4 aromatic rings.